The predicted octanol–water partition coefficient (Wildman–Crippen LogP) is 2.60. The molecule has 1 saturated heterocycles. The molecule has 1 aliphatic heterocycles. The molecule has 8 heteroatoms. The summed E-state index contributed by atoms with van der Waals surface area (Å²) >= 11 is 0. The summed E-state index contributed by atoms with van der Waals surface area (Å²) in [6.07, 6.45) is 7.95. The number of rotatable bonds is 6. The molecule has 0 aromatic heterocycles. The van der Waals surface area contributed by atoms with E-state index in [-0.39, 0.29) is 5.91 Å². The van der Waals surface area contributed by atoms with E-state index in [9.17, 15) is 4.79 Å². The van der Waals surface area contributed by atoms with Crippen molar-refractivity contribution in [2.75, 3.05) is 44.6 Å². The van der Waals surface area contributed by atoms with E-state index in [1.807, 2.05) is 12.1 Å². The van der Waals surface area contributed by atoms with E-state index in [2.05, 4.69) is 63.7 Å². The molecule has 1 amide bonds. The Hall–Kier alpha value is -3.49. The first-order valence-corrected chi connectivity index (χ1v) is 11.4. The van der Waals surface area contributed by atoms with Gasteiger partial charge in [-0.05, 0) is 48.1 Å². The molecule has 1 fully saturated rings. The topological polar surface area (TPSA) is 110 Å². The summed E-state index contributed by atoms with van der Waals surface area (Å²) in [4.78, 5) is 35.3. The summed E-state index contributed by atoms with van der Waals surface area (Å²) in [6.45, 7) is 5.33. The van der Waals surface area contributed by atoms with Crippen molar-refractivity contribution >= 4 is 29.6 Å². The fourth-order valence-electron chi connectivity index (χ4n) is 4.09. The molecule has 0 bridgehead atoms. The molecule has 3 N–H and O–H groups in total. The second kappa shape index (κ2) is 12.7. The maximum atomic E-state index is 12.4. The van der Waals surface area contributed by atoms with Crippen LogP contribution in [0.3, 0.4) is 0 Å². The lowest BCUT2D eigenvalue weighted by Gasteiger charge is -2.33. The van der Waals surface area contributed by atoms with Gasteiger partial charge in [-0.25, -0.2) is 9.59 Å². The molecular weight excluding hydrogens is 434 g/mol. The minimum absolute atomic E-state index is 0.0929. The van der Waals surface area contributed by atoms with Crippen molar-refractivity contribution in [1.82, 2.24) is 9.80 Å². The highest BCUT2D eigenvalue weighted by Gasteiger charge is 2.18. The monoisotopic (exact) mass is 465 g/mol. The zero-order chi connectivity index (χ0) is 24.3. The number of fused-ring (bicyclic) bond motifs is 1. The number of amides is 1. The van der Waals surface area contributed by atoms with E-state index >= 15 is 0 Å². The van der Waals surface area contributed by atoms with E-state index < -0.39 is 11.9 Å². The smallest absolute Gasteiger partial charge is 0.414 e. The Morgan fingerprint density at radius 2 is 1.50 bits per heavy atom. The molecule has 0 radical (unpaired) electrons. The SMILES string of the molecule is O=C(CN1CCN(CC=Cc2ccccc2)CC1)Nc1ccc2c(c1)CCC2.O=C(O)C(=O)O. The van der Waals surface area contributed by atoms with Crippen molar-refractivity contribution in [3.8, 4) is 0 Å². The summed E-state index contributed by atoms with van der Waals surface area (Å²) in [5.41, 5.74) is 5.02. The lowest BCUT2D eigenvalue weighted by Crippen LogP contribution is -2.48. The Kier molecular flexibility index (Phi) is 9.37. The number of anilines is 1. The predicted molar refractivity (Wildman–Crippen MR) is 131 cm³/mol. The van der Waals surface area contributed by atoms with Gasteiger partial charge in [-0.15, -0.1) is 0 Å². The highest BCUT2D eigenvalue weighted by atomic mass is 16.4. The third kappa shape index (κ3) is 8.13. The Balaban J connectivity index is 0.000000481. The molecule has 1 aliphatic carbocycles. The molecule has 2 aromatic rings. The van der Waals surface area contributed by atoms with Crippen LogP contribution in [-0.4, -0.2) is 77.1 Å². The van der Waals surface area contributed by atoms with Gasteiger partial charge in [0.1, 0.15) is 0 Å². The number of piperazine rings is 1. The molecule has 180 valence electrons. The highest BCUT2D eigenvalue weighted by molar-refractivity contribution is 6.27. The lowest BCUT2D eigenvalue weighted by atomic mass is 10.1. The summed E-state index contributed by atoms with van der Waals surface area (Å²) in [5.74, 6) is -3.56. The normalized spacial score (nSPS) is 15.9. The molecule has 0 spiro atoms. The molecular formula is C26H31N3O5. The van der Waals surface area contributed by atoms with Crippen LogP contribution in [0.1, 0.15) is 23.1 Å². The number of nitrogens with one attached hydrogen (secondary N) is 1. The van der Waals surface area contributed by atoms with Gasteiger partial charge in [0.15, 0.2) is 0 Å². The van der Waals surface area contributed by atoms with Gasteiger partial charge < -0.3 is 15.5 Å². The number of hydrogen-bond acceptors (Lipinski definition) is 5. The first-order valence-electron chi connectivity index (χ1n) is 11.4. The van der Waals surface area contributed by atoms with Gasteiger partial charge in [0, 0.05) is 38.4 Å². The fraction of sp³-hybridized carbons (Fsp3) is 0.346. The second-order valence-electron chi connectivity index (χ2n) is 8.39. The van der Waals surface area contributed by atoms with Crippen molar-refractivity contribution in [2.24, 2.45) is 0 Å². The van der Waals surface area contributed by atoms with Crippen LogP contribution < -0.4 is 5.32 Å². The number of carboxylic acids is 2. The van der Waals surface area contributed by atoms with Gasteiger partial charge in [-0.2, -0.15) is 0 Å². The van der Waals surface area contributed by atoms with Crippen molar-refractivity contribution in [3.63, 3.8) is 0 Å². The van der Waals surface area contributed by atoms with Crippen molar-refractivity contribution in [2.45, 2.75) is 19.3 Å². The van der Waals surface area contributed by atoms with Gasteiger partial charge >= 0.3 is 11.9 Å². The van der Waals surface area contributed by atoms with Gasteiger partial charge in [-0.3, -0.25) is 14.6 Å². The first kappa shape index (κ1) is 25.1. The number of carbonyl (C=O) groups is 3. The number of nitrogens with zero attached hydrogens (tertiary/aromatic N) is 2. The van der Waals surface area contributed by atoms with E-state index in [0.717, 1.165) is 44.8 Å². The average molecular weight is 466 g/mol. The number of carboxylic acid groups (broad SMARTS) is 2. The van der Waals surface area contributed by atoms with Crippen LogP contribution in [0, 0.1) is 0 Å². The molecule has 34 heavy (non-hydrogen) atoms. The number of carbonyl (C=O) groups excluding carboxylic acids is 1. The molecule has 0 saturated carbocycles. The van der Waals surface area contributed by atoms with Crippen LogP contribution in [-0.2, 0) is 27.2 Å². The Morgan fingerprint density at radius 1 is 0.853 bits per heavy atom. The van der Waals surface area contributed by atoms with Crippen LogP contribution in [0.4, 0.5) is 5.69 Å². The van der Waals surface area contributed by atoms with E-state index in [4.69, 9.17) is 19.8 Å². The molecule has 8 nitrogen and oxygen atoms in total. The van der Waals surface area contributed by atoms with Crippen LogP contribution in [0.15, 0.2) is 54.6 Å². The van der Waals surface area contributed by atoms with E-state index in [1.54, 1.807) is 0 Å². The number of aryl methyl sites for hydroxylation is 2. The largest absolute Gasteiger partial charge is 0.473 e. The zero-order valence-electron chi connectivity index (χ0n) is 19.2. The fourth-order valence-corrected chi connectivity index (χ4v) is 4.09. The molecule has 2 aliphatic rings. The quantitative estimate of drug-likeness (QED) is 0.563. The second-order valence-corrected chi connectivity index (χ2v) is 8.39. The van der Waals surface area contributed by atoms with Crippen molar-refractivity contribution in [3.05, 3.63) is 71.3 Å². The Morgan fingerprint density at radius 3 is 2.18 bits per heavy atom. The van der Waals surface area contributed by atoms with Crippen LogP contribution in [0.2, 0.25) is 0 Å². The third-order valence-electron chi connectivity index (χ3n) is 5.87. The van der Waals surface area contributed by atoms with Crippen molar-refractivity contribution in [1.29, 1.82) is 0 Å². The maximum Gasteiger partial charge on any atom is 0.414 e. The van der Waals surface area contributed by atoms with Gasteiger partial charge in [0.25, 0.3) is 0 Å². The third-order valence-corrected chi connectivity index (χ3v) is 5.87. The Labute approximate surface area is 199 Å². The summed E-state index contributed by atoms with van der Waals surface area (Å²) in [6, 6.07) is 16.8. The van der Waals surface area contributed by atoms with Crippen LogP contribution in [0.25, 0.3) is 6.08 Å². The zero-order valence-corrected chi connectivity index (χ0v) is 19.2. The van der Waals surface area contributed by atoms with Crippen molar-refractivity contribution < 1.29 is 24.6 Å². The summed E-state index contributed by atoms with van der Waals surface area (Å²) in [7, 11) is 0. The summed E-state index contributed by atoms with van der Waals surface area (Å²) in [5, 5.41) is 17.9. The number of hydrogen-bond donors (Lipinski definition) is 3. The highest BCUT2D eigenvalue weighted by Crippen LogP contribution is 2.24. The Bertz CT molecular complexity index is 1000. The lowest BCUT2D eigenvalue weighted by molar-refractivity contribution is -0.159. The minimum Gasteiger partial charge on any atom is -0.473 e. The molecule has 1 heterocycles. The number of benzene rings is 2. The van der Waals surface area contributed by atoms with Gasteiger partial charge in [-0.1, -0.05) is 48.6 Å². The van der Waals surface area contributed by atoms with E-state index in [1.165, 1.54) is 29.5 Å². The first-order chi connectivity index (χ1) is 16.4. The number of aliphatic carboxylic acids is 2. The van der Waals surface area contributed by atoms with Gasteiger partial charge in [0.2, 0.25) is 5.91 Å². The molecule has 2 aromatic carbocycles. The standard InChI is InChI=1S/C24H29N3O.C2H2O4/c28-24(25-23-12-11-21-9-4-10-22(21)18-23)19-27-16-14-26(15-17-27)13-5-8-20-6-2-1-3-7-20;3-1(4)2(5)6/h1-3,5-8,11-12,18H,4,9-10,13-17,19H2,(H,25,28);(H,3,4)(H,5,6). The average Bonchev–Trinajstić information content (AvgIpc) is 3.29. The van der Waals surface area contributed by atoms with Crippen LogP contribution >= 0.6 is 0 Å². The van der Waals surface area contributed by atoms with E-state index in [0.29, 0.717) is 6.54 Å². The van der Waals surface area contributed by atoms with Crippen LogP contribution in [0.5, 0.6) is 0 Å². The minimum atomic E-state index is -1.82. The van der Waals surface area contributed by atoms with Gasteiger partial charge in [0.05, 0.1) is 6.54 Å². The maximum absolute atomic E-state index is 12.4. The molecule has 4 rings (SSSR count). The molecule has 0 atom stereocenters. The molecule has 0 unspecified atom stereocenters. The summed E-state index contributed by atoms with van der Waals surface area (Å²) < 4.78 is 0.